The lowest BCUT2D eigenvalue weighted by atomic mass is 10.1. The molecule has 0 atom stereocenters. The number of hydrogen-bond acceptors (Lipinski definition) is 3. The smallest absolute Gasteiger partial charge is 0.230 e. The SMILES string of the molecule is COc1ccc(CN(C(=O)C2CC2)c2ccc(CC(=O)N3CCCC3)cc2)cc1. The molecule has 4 rings (SSSR count). The Morgan fingerprint density at radius 1 is 0.966 bits per heavy atom. The molecule has 2 amide bonds. The third kappa shape index (κ3) is 4.78. The second-order valence-electron chi connectivity index (χ2n) is 7.98. The fraction of sp³-hybridized carbons (Fsp3) is 0.417. The van der Waals surface area contributed by atoms with E-state index in [4.69, 9.17) is 4.74 Å². The fourth-order valence-corrected chi connectivity index (χ4v) is 3.81. The molecule has 2 fully saturated rings. The molecule has 2 aliphatic rings. The first-order valence-corrected chi connectivity index (χ1v) is 10.4. The summed E-state index contributed by atoms with van der Waals surface area (Å²) in [6, 6.07) is 15.7. The van der Waals surface area contributed by atoms with Crippen molar-refractivity contribution >= 4 is 17.5 Å². The minimum atomic E-state index is 0.143. The van der Waals surface area contributed by atoms with Gasteiger partial charge in [-0.3, -0.25) is 9.59 Å². The van der Waals surface area contributed by atoms with E-state index in [-0.39, 0.29) is 17.7 Å². The van der Waals surface area contributed by atoms with Crippen molar-refractivity contribution in [3.8, 4) is 5.75 Å². The highest BCUT2D eigenvalue weighted by Gasteiger charge is 2.34. The van der Waals surface area contributed by atoms with Gasteiger partial charge in [-0.2, -0.15) is 0 Å². The lowest BCUT2D eigenvalue weighted by molar-refractivity contribution is -0.129. The van der Waals surface area contributed by atoms with Gasteiger partial charge in [0.05, 0.1) is 20.1 Å². The topological polar surface area (TPSA) is 49.9 Å². The van der Waals surface area contributed by atoms with Crippen LogP contribution in [-0.4, -0.2) is 36.9 Å². The highest BCUT2D eigenvalue weighted by atomic mass is 16.5. The van der Waals surface area contributed by atoms with Crippen molar-refractivity contribution in [1.82, 2.24) is 4.90 Å². The number of nitrogens with zero attached hydrogens (tertiary/aromatic N) is 2. The van der Waals surface area contributed by atoms with Crippen molar-refractivity contribution in [3.63, 3.8) is 0 Å². The monoisotopic (exact) mass is 392 g/mol. The number of carbonyl (C=O) groups excluding carboxylic acids is 2. The van der Waals surface area contributed by atoms with E-state index < -0.39 is 0 Å². The van der Waals surface area contributed by atoms with Gasteiger partial charge in [0.15, 0.2) is 0 Å². The molecule has 0 unspecified atom stereocenters. The predicted molar refractivity (Wildman–Crippen MR) is 113 cm³/mol. The van der Waals surface area contributed by atoms with Crippen LogP contribution in [0.2, 0.25) is 0 Å². The van der Waals surface area contributed by atoms with Crippen LogP contribution in [0.3, 0.4) is 0 Å². The van der Waals surface area contributed by atoms with Gasteiger partial charge in [-0.1, -0.05) is 24.3 Å². The average molecular weight is 392 g/mol. The number of methoxy groups -OCH3 is 1. The maximum Gasteiger partial charge on any atom is 0.230 e. The van der Waals surface area contributed by atoms with Crippen molar-refractivity contribution in [2.24, 2.45) is 5.92 Å². The zero-order valence-corrected chi connectivity index (χ0v) is 17.0. The van der Waals surface area contributed by atoms with E-state index >= 15 is 0 Å². The molecule has 29 heavy (non-hydrogen) atoms. The first-order valence-electron chi connectivity index (χ1n) is 10.4. The Balaban J connectivity index is 1.47. The Morgan fingerprint density at radius 3 is 2.17 bits per heavy atom. The maximum atomic E-state index is 12.9. The number of benzene rings is 2. The molecule has 1 saturated carbocycles. The Labute approximate surface area is 172 Å². The van der Waals surface area contributed by atoms with Gasteiger partial charge in [0.1, 0.15) is 5.75 Å². The molecule has 0 radical (unpaired) electrons. The lowest BCUT2D eigenvalue weighted by Crippen LogP contribution is -2.31. The number of anilines is 1. The van der Waals surface area contributed by atoms with Crippen molar-refractivity contribution in [1.29, 1.82) is 0 Å². The summed E-state index contributed by atoms with van der Waals surface area (Å²) >= 11 is 0. The van der Waals surface area contributed by atoms with Crippen LogP contribution in [0.25, 0.3) is 0 Å². The summed E-state index contributed by atoms with van der Waals surface area (Å²) in [5.41, 5.74) is 2.94. The summed E-state index contributed by atoms with van der Waals surface area (Å²) in [4.78, 5) is 29.1. The van der Waals surface area contributed by atoms with Gasteiger partial charge >= 0.3 is 0 Å². The van der Waals surface area contributed by atoms with Crippen LogP contribution in [0.15, 0.2) is 48.5 Å². The quantitative estimate of drug-likeness (QED) is 0.720. The number of likely N-dealkylation sites (tertiary alicyclic amines) is 1. The number of ether oxygens (including phenoxy) is 1. The molecule has 0 spiro atoms. The molecular weight excluding hydrogens is 364 g/mol. The Hall–Kier alpha value is -2.82. The number of carbonyl (C=O) groups is 2. The molecule has 1 saturated heterocycles. The van der Waals surface area contributed by atoms with E-state index in [1.54, 1.807) is 7.11 Å². The van der Waals surface area contributed by atoms with Gasteiger partial charge in [-0.15, -0.1) is 0 Å². The molecule has 5 heteroatoms. The third-order valence-corrected chi connectivity index (χ3v) is 5.75. The molecule has 5 nitrogen and oxygen atoms in total. The van der Waals surface area contributed by atoms with Gasteiger partial charge in [0.2, 0.25) is 11.8 Å². The maximum absolute atomic E-state index is 12.9. The van der Waals surface area contributed by atoms with E-state index in [1.807, 2.05) is 58.3 Å². The average Bonchev–Trinajstić information content (AvgIpc) is 3.46. The Morgan fingerprint density at radius 2 is 1.59 bits per heavy atom. The molecule has 152 valence electrons. The van der Waals surface area contributed by atoms with Gasteiger partial charge in [0.25, 0.3) is 0 Å². The van der Waals surface area contributed by atoms with Crippen LogP contribution < -0.4 is 9.64 Å². The standard InChI is InChI=1S/C24H28N2O3/c1-29-22-12-6-19(7-13-22)17-26(24(28)20-8-9-20)21-10-4-18(5-11-21)16-23(27)25-14-2-3-15-25/h4-7,10-13,20H,2-3,8-9,14-17H2,1H3. The lowest BCUT2D eigenvalue weighted by Gasteiger charge is -2.24. The Bertz CT molecular complexity index is 851. The molecular formula is C24H28N2O3. The third-order valence-electron chi connectivity index (χ3n) is 5.75. The second kappa shape index (κ2) is 8.68. The Kier molecular flexibility index (Phi) is 5.84. The number of rotatable bonds is 7. The first-order chi connectivity index (χ1) is 14.1. The number of amides is 2. The normalized spacial score (nSPS) is 16.0. The molecule has 2 aromatic carbocycles. The predicted octanol–water partition coefficient (Wildman–Crippen LogP) is 3.80. The van der Waals surface area contributed by atoms with E-state index in [1.165, 1.54) is 0 Å². The zero-order chi connectivity index (χ0) is 20.2. The first kappa shape index (κ1) is 19.5. The van der Waals surface area contributed by atoms with Gasteiger partial charge < -0.3 is 14.5 Å². The van der Waals surface area contributed by atoms with E-state index in [2.05, 4.69) is 0 Å². The summed E-state index contributed by atoms with van der Waals surface area (Å²) in [6.07, 6.45) is 4.58. The molecule has 0 aromatic heterocycles. The highest BCUT2D eigenvalue weighted by molar-refractivity contribution is 5.96. The highest BCUT2D eigenvalue weighted by Crippen LogP contribution is 2.33. The summed E-state index contributed by atoms with van der Waals surface area (Å²) in [5.74, 6) is 1.33. The molecule has 0 bridgehead atoms. The minimum absolute atomic E-state index is 0.143. The van der Waals surface area contributed by atoms with Crippen LogP contribution in [0.5, 0.6) is 5.75 Å². The van der Waals surface area contributed by atoms with Gasteiger partial charge in [-0.05, 0) is 61.1 Å². The van der Waals surface area contributed by atoms with E-state index in [9.17, 15) is 9.59 Å². The van der Waals surface area contributed by atoms with Crippen molar-refractivity contribution in [2.45, 2.75) is 38.6 Å². The van der Waals surface area contributed by atoms with E-state index in [0.29, 0.717) is 13.0 Å². The second-order valence-corrected chi connectivity index (χ2v) is 7.98. The van der Waals surface area contributed by atoms with Crippen LogP contribution in [0.4, 0.5) is 5.69 Å². The summed E-state index contributed by atoms with van der Waals surface area (Å²) in [6.45, 7) is 2.29. The van der Waals surface area contributed by atoms with Crippen molar-refractivity contribution in [3.05, 3.63) is 59.7 Å². The molecule has 1 aliphatic heterocycles. The molecule has 2 aromatic rings. The summed E-state index contributed by atoms with van der Waals surface area (Å²) in [5, 5.41) is 0. The molecule has 0 N–H and O–H groups in total. The van der Waals surface area contributed by atoms with Crippen LogP contribution in [-0.2, 0) is 22.6 Å². The van der Waals surface area contributed by atoms with Crippen LogP contribution >= 0.6 is 0 Å². The van der Waals surface area contributed by atoms with Crippen LogP contribution in [0, 0.1) is 5.92 Å². The number of hydrogen-bond donors (Lipinski definition) is 0. The van der Waals surface area contributed by atoms with Crippen molar-refractivity contribution in [2.75, 3.05) is 25.1 Å². The molecule has 1 heterocycles. The molecule has 1 aliphatic carbocycles. The fourth-order valence-electron chi connectivity index (χ4n) is 3.81. The minimum Gasteiger partial charge on any atom is -0.497 e. The zero-order valence-electron chi connectivity index (χ0n) is 17.0. The van der Waals surface area contributed by atoms with Crippen LogP contribution in [0.1, 0.15) is 36.8 Å². The van der Waals surface area contributed by atoms with E-state index in [0.717, 1.165) is 61.3 Å². The van der Waals surface area contributed by atoms with Gasteiger partial charge in [0, 0.05) is 24.7 Å². The summed E-state index contributed by atoms with van der Waals surface area (Å²) in [7, 11) is 1.65. The largest absolute Gasteiger partial charge is 0.497 e. The van der Waals surface area contributed by atoms with Crippen molar-refractivity contribution < 1.29 is 14.3 Å². The summed E-state index contributed by atoms with van der Waals surface area (Å²) < 4.78 is 5.22. The van der Waals surface area contributed by atoms with Gasteiger partial charge in [-0.25, -0.2) is 0 Å².